The number of ketones is 1. The molecule has 0 bridgehead atoms. The molecular formula is C22H20FNO2. The van der Waals surface area contributed by atoms with Crippen LogP contribution >= 0.6 is 0 Å². The smallest absolute Gasteiger partial charge is 0.232 e. The summed E-state index contributed by atoms with van der Waals surface area (Å²) in [7, 11) is 0. The Morgan fingerprint density at radius 3 is 2.46 bits per heavy atom. The highest BCUT2D eigenvalue weighted by atomic mass is 19.1. The Labute approximate surface area is 152 Å². The van der Waals surface area contributed by atoms with E-state index in [9.17, 15) is 14.0 Å². The van der Waals surface area contributed by atoms with Crippen LogP contribution in [0.15, 0.2) is 59.8 Å². The Morgan fingerprint density at radius 1 is 1.00 bits per heavy atom. The SMILES string of the molecule is Cc1ccc(N2C(=O)CC(c3ccccc3F)C3=C2CCCC3=O)cc1. The highest BCUT2D eigenvalue weighted by molar-refractivity contribution is 6.07. The fraction of sp³-hybridized carbons (Fsp3) is 0.273. The number of amides is 1. The number of nitrogens with zero attached hydrogens (tertiary/aromatic N) is 1. The molecule has 2 aromatic rings. The van der Waals surface area contributed by atoms with Gasteiger partial charge in [-0.2, -0.15) is 0 Å². The van der Waals surface area contributed by atoms with Crippen LogP contribution < -0.4 is 4.90 Å². The predicted molar refractivity (Wildman–Crippen MR) is 98.3 cm³/mol. The summed E-state index contributed by atoms with van der Waals surface area (Å²) < 4.78 is 14.4. The van der Waals surface area contributed by atoms with E-state index >= 15 is 0 Å². The number of Topliss-reactive ketones (excluding diaryl/α,β-unsaturated/α-hetero) is 1. The number of benzene rings is 2. The molecule has 0 saturated heterocycles. The van der Waals surface area contributed by atoms with E-state index in [0.29, 0.717) is 24.0 Å². The molecule has 1 aliphatic carbocycles. The number of allylic oxidation sites excluding steroid dienone is 2. The van der Waals surface area contributed by atoms with Crippen LogP contribution in [-0.2, 0) is 9.59 Å². The Kier molecular flexibility index (Phi) is 4.19. The summed E-state index contributed by atoms with van der Waals surface area (Å²) in [6.07, 6.45) is 1.95. The molecule has 132 valence electrons. The first kappa shape index (κ1) is 16.7. The Hall–Kier alpha value is -2.75. The summed E-state index contributed by atoms with van der Waals surface area (Å²) in [6, 6.07) is 14.2. The number of hydrogen-bond acceptors (Lipinski definition) is 2. The van der Waals surface area contributed by atoms with E-state index in [1.54, 1.807) is 23.1 Å². The molecule has 0 spiro atoms. The third kappa shape index (κ3) is 2.75. The Bertz CT molecular complexity index is 914. The maximum absolute atomic E-state index is 14.4. The van der Waals surface area contributed by atoms with Gasteiger partial charge in [0.2, 0.25) is 5.91 Å². The van der Waals surface area contributed by atoms with Crippen LogP contribution in [-0.4, -0.2) is 11.7 Å². The molecule has 4 heteroatoms. The van der Waals surface area contributed by atoms with Gasteiger partial charge in [0.15, 0.2) is 5.78 Å². The minimum atomic E-state index is -0.492. The van der Waals surface area contributed by atoms with Gasteiger partial charge in [0.1, 0.15) is 5.82 Å². The van der Waals surface area contributed by atoms with Crippen LogP contribution in [0.25, 0.3) is 0 Å². The van der Waals surface area contributed by atoms with Crippen molar-refractivity contribution >= 4 is 17.4 Å². The zero-order valence-corrected chi connectivity index (χ0v) is 14.7. The third-order valence-corrected chi connectivity index (χ3v) is 5.25. The number of hydrogen-bond donors (Lipinski definition) is 0. The molecule has 0 aromatic heterocycles. The van der Waals surface area contributed by atoms with E-state index < -0.39 is 5.92 Å². The zero-order chi connectivity index (χ0) is 18.3. The highest BCUT2D eigenvalue weighted by Crippen LogP contribution is 2.43. The van der Waals surface area contributed by atoms with Gasteiger partial charge in [-0.15, -0.1) is 0 Å². The molecule has 26 heavy (non-hydrogen) atoms. The molecule has 1 atom stereocenters. The zero-order valence-electron chi connectivity index (χ0n) is 14.7. The fourth-order valence-corrected chi connectivity index (χ4v) is 4.01. The minimum Gasteiger partial charge on any atom is -0.294 e. The van der Waals surface area contributed by atoms with Gasteiger partial charge in [-0.3, -0.25) is 14.5 Å². The van der Waals surface area contributed by atoms with Gasteiger partial charge >= 0.3 is 0 Å². The molecular weight excluding hydrogens is 329 g/mol. The second-order valence-corrected chi connectivity index (χ2v) is 6.98. The number of aryl methyl sites for hydroxylation is 1. The largest absolute Gasteiger partial charge is 0.294 e. The van der Waals surface area contributed by atoms with Crippen LogP contribution in [0, 0.1) is 12.7 Å². The molecule has 1 aliphatic heterocycles. The van der Waals surface area contributed by atoms with Crippen LogP contribution in [0.1, 0.15) is 42.7 Å². The summed E-state index contributed by atoms with van der Waals surface area (Å²) in [5, 5.41) is 0. The van der Waals surface area contributed by atoms with Gasteiger partial charge in [0.25, 0.3) is 0 Å². The van der Waals surface area contributed by atoms with Crippen molar-refractivity contribution < 1.29 is 14.0 Å². The van der Waals surface area contributed by atoms with Gasteiger partial charge in [-0.25, -0.2) is 4.39 Å². The van der Waals surface area contributed by atoms with Crippen molar-refractivity contribution in [2.45, 2.75) is 38.5 Å². The van der Waals surface area contributed by atoms with Crippen LogP contribution in [0.5, 0.6) is 0 Å². The standard InChI is InChI=1S/C22H20FNO2/c1-14-9-11-15(12-10-14)24-19-7-4-8-20(25)22(19)17(13-21(24)26)16-5-2-3-6-18(16)23/h2-3,5-6,9-12,17H,4,7-8,13H2,1H3. The van der Waals surface area contributed by atoms with E-state index in [-0.39, 0.29) is 23.9 Å². The predicted octanol–water partition coefficient (Wildman–Crippen LogP) is 4.66. The first-order valence-corrected chi connectivity index (χ1v) is 8.96. The number of carbonyl (C=O) groups is 2. The summed E-state index contributed by atoms with van der Waals surface area (Å²) in [6.45, 7) is 1.99. The number of rotatable bonds is 2. The maximum Gasteiger partial charge on any atom is 0.232 e. The number of anilines is 1. The molecule has 0 radical (unpaired) electrons. The van der Waals surface area contributed by atoms with Crippen molar-refractivity contribution in [1.29, 1.82) is 0 Å². The highest BCUT2D eigenvalue weighted by Gasteiger charge is 2.40. The Morgan fingerprint density at radius 2 is 1.73 bits per heavy atom. The first-order chi connectivity index (χ1) is 12.6. The quantitative estimate of drug-likeness (QED) is 0.791. The first-order valence-electron chi connectivity index (χ1n) is 8.96. The lowest BCUT2D eigenvalue weighted by molar-refractivity contribution is -0.119. The van der Waals surface area contributed by atoms with Gasteiger partial charge in [0, 0.05) is 35.7 Å². The third-order valence-electron chi connectivity index (χ3n) is 5.25. The second kappa shape index (κ2) is 6.52. The van der Waals surface area contributed by atoms with Crippen LogP contribution in [0.2, 0.25) is 0 Å². The number of carbonyl (C=O) groups excluding carboxylic acids is 2. The average Bonchev–Trinajstić information content (AvgIpc) is 2.63. The molecule has 0 fully saturated rings. The van der Waals surface area contributed by atoms with Crippen LogP contribution in [0.4, 0.5) is 10.1 Å². The fourth-order valence-electron chi connectivity index (χ4n) is 4.01. The van der Waals surface area contributed by atoms with Gasteiger partial charge < -0.3 is 0 Å². The topological polar surface area (TPSA) is 37.4 Å². The van der Waals surface area contributed by atoms with E-state index in [2.05, 4.69) is 0 Å². The van der Waals surface area contributed by atoms with Crippen molar-refractivity contribution in [3.63, 3.8) is 0 Å². The van der Waals surface area contributed by atoms with Crippen molar-refractivity contribution in [3.8, 4) is 0 Å². The lowest BCUT2D eigenvalue weighted by Crippen LogP contribution is -2.40. The Balaban J connectivity index is 1.87. The lowest BCUT2D eigenvalue weighted by atomic mass is 9.77. The second-order valence-electron chi connectivity index (χ2n) is 6.98. The molecule has 4 rings (SSSR count). The molecule has 0 N–H and O–H groups in total. The van der Waals surface area contributed by atoms with E-state index in [1.807, 2.05) is 31.2 Å². The van der Waals surface area contributed by atoms with Crippen molar-refractivity contribution in [1.82, 2.24) is 0 Å². The summed E-state index contributed by atoms with van der Waals surface area (Å²) in [4.78, 5) is 27.4. The summed E-state index contributed by atoms with van der Waals surface area (Å²) >= 11 is 0. The molecule has 1 heterocycles. The molecule has 2 aromatic carbocycles. The molecule has 0 saturated carbocycles. The molecule has 1 amide bonds. The van der Waals surface area contributed by atoms with Crippen molar-refractivity contribution in [2.75, 3.05) is 4.90 Å². The minimum absolute atomic E-state index is 0.0316. The molecule has 2 aliphatic rings. The van der Waals surface area contributed by atoms with Gasteiger partial charge in [0.05, 0.1) is 0 Å². The summed E-state index contributed by atoms with van der Waals surface area (Å²) in [5.41, 5.74) is 3.68. The van der Waals surface area contributed by atoms with E-state index in [0.717, 1.165) is 23.4 Å². The summed E-state index contributed by atoms with van der Waals surface area (Å²) in [5.74, 6) is -0.910. The van der Waals surface area contributed by atoms with Crippen LogP contribution in [0.3, 0.4) is 0 Å². The molecule has 3 nitrogen and oxygen atoms in total. The maximum atomic E-state index is 14.4. The van der Waals surface area contributed by atoms with E-state index in [1.165, 1.54) is 6.07 Å². The van der Waals surface area contributed by atoms with Crippen molar-refractivity contribution in [3.05, 3.63) is 76.7 Å². The van der Waals surface area contributed by atoms with Gasteiger partial charge in [-0.1, -0.05) is 35.9 Å². The van der Waals surface area contributed by atoms with Gasteiger partial charge in [-0.05, 0) is 43.5 Å². The molecule has 1 unspecified atom stereocenters. The monoisotopic (exact) mass is 349 g/mol. The van der Waals surface area contributed by atoms with E-state index in [4.69, 9.17) is 0 Å². The lowest BCUT2D eigenvalue weighted by Gasteiger charge is -2.38. The average molecular weight is 349 g/mol. The van der Waals surface area contributed by atoms with Crippen molar-refractivity contribution in [2.24, 2.45) is 0 Å². The normalized spacial score (nSPS) is 20.4. The number of halogens is 1.